The smallest absolute Gasteiger partial charge is 0.248 e. The standard InChI is InChI=1S/C22H15ClN2OS/c23-17-12-11-16(22-25-18-8-4-5-9-20(18)27-22)14-19(17)24-21(26)13-10-15-6-2-1-3-7-15/h1-14H,(H,24,26). The molecule has 4 rings (SSSR count). The van der Waals surface area contributed by atoms with E-state index in [1.165, 1.54) is 6.08 Å². The van der Waals surface area contributed by atoms with Gasteiger partial charge in [-0.15, -0.1) is 11.3 Å². The van der Waals surface area contributed by atoms with Crippen LogP contribution in [0.25, 0.3) is 26.9 Å². The second kappa shape index (κ2) is 7.74. The van der Waals surface area contributed by atoms with Gasteiger partial charge in [0, 0.05) is 11.6 Å². The first kappa shape index (κ1) is 17.5. The Bertz CT molecular complexity index is 1100. The summed E-state index contributed by atoms with van der Waals surface area (Å²) >= 11 is 7.88. The van der Waals surface area contributed by atoms with Crippen LogP contribution in [0.4, 0.5) is 5.69 Å². The van der Waals surface area contributed by atoms with Crippen molar-refractivity contribution in [3.8, 4) is 10.6 Å². The number of anilines is 1. The topological polar surface area (TPSA) is 42.0 Å². The molecule has 0 aliphatic rings. The van der Waals surface area contributed by atoms with Crippen LogP contribution in [-0.2, 0) is 4.79 Å². The third-order valence-electron chi connectivity index (χ3n) is 3.99. The molecule has 0 saturated carbocycles. The number of hydrogen-bond acceptors (Lipinski definition) is 3. The number of para-hydroxylation sites is 1. The summed E-state index contributed by atoms with van der Waals surface area (Å²) in [7, 11) is 0. The van der Waals surface area contributed by atoms with Crippen LogP contribution in [0.5, 0.6) is 0 Å². The summed E-state index contributed by atoms with van der Waals surface area (Å²) in [4.78, 5) is 16.9. The molecule has 1 heterocycles. The van der Waals surface area contributed by atoms with E-state index in [0.717, 1.165) is 26.4 Å². The highest BCUT2D eigenvalue weighted by molar-refractivity contribution is 7.21. The van der Waals surface area contributed by atoms with Crippen molar-refractivity contribution in [3.63, 3.8) is 0 Å². The molecule has 0 radical (unpaired) electrons. The number of fused-ring (bicyclic) bond motifs is 1. The van der Waals surface area contributed by atoms with Crippen molar-refractivity contribution in [2.45, 2.75) is 0 Å². The molecular weight excluding hydrogens is 376 g/mol. The molecule has 0 aliphatic carbocycles. The Kier molecular flexibility index (Phi) is 5.01. The summed E-state index contributed by atoms with van der Waals surface area (Å²) in [6.07, 6.45) is 3.26. The maximum Gasteiger partial charge on any atom is 0.248 e. The van der Waals surface area contributed by atoms with Gasteiger partial charge in [0.15, 0.2) is 0 Å². The van der Waals surface area contributed by atoms with Crippen LogP contribution < -0.4 is 5.32 Å². The van der Waals surface area contributed by atoms with Crippen LogP contribution in [0.2, 0.25) is 5.02 Å². The van der Waals surface area contributed by atoms with Gasteiger partial charge in [-0.25, -0.2) is 4.98 Å². The monoisotopic (exact) mass is 390 g/mol. The largest absolute Gasteiger partial charge is 0.321 e. The fourth-order valence-corrected chi connectivity index (χ4v) is 3.79. The quantitative estimate of drug-likeness (QED) is 0.417. The highest BCUT2D eigenvalue weighted by Crippen LogP contribution is 2.33. The molecule has 5 heteroatoms. The molecule has 0 saturated heterocycles. The minimum absolute atomic E-state index is 0.234. The highest BCUT2D eigenvalue weighted by Gasteiger charge is 2.10. The van der Waals surface area contributed by atoms with Crippen molar-refractivity contribution in [2.24, 2.45) is 0 Å². The zero-order chi connectivity index (χ0) is 18.6. The van der Waals surface area contributed by atoms with Gasteiger partial charge in [-0.3, -0.25) is 4.79 Å². The average Bonchev–Trinajstić information content (AvgIpc) is 3.13. The van der Waals surface area contributed by atoms with Crippen LogP contribution in [0.1, 0.15) is 5.56 Å². The maximum atomic E-state index is 12.3. The molecule has 0 unspecified atom stereocenters. The number of carbonyl (C=O) groups excluding carboxylic acids is 1. The highest BCUT2D eigenvalue weighted by atomic mass is 35.5. The molecule has 0 fully saturated rings. The van der Waals surface area contributed by atoms with Gasteiger partial charge < -0.3 is 5.32 Å². The van der Waals surface area contributed by atoms with E-state index in [-0.39, 0.29) is 5.91 Å². The van der Waals surface area contributed by atoms with Gasteiger partial charge in [-0.05, 0) is 35.9 Å². The van der Waals surface area contributed by atoms with E-state index < -0.39 is 0 Å². The van der Waals surface area contributed by atoms with E-state index >= 15 is 0 Å². The number of nitrogens with one attached hydrogen (secondary N) is 1. The summed E-state index contributed by atoms with van der Waals surface area (Å²) in [5, 5.41) is 4.22. The van der Waals surface area contributed by atoms with Crippen molar-refractivity contribution in [1.82, 2.24) is 4.98 Å². The van der Waals surface area contributed by atoms with E-state index in [1.807, 2.05) is 66.7 Å². The molecule has 0 atom stereocenters. The van der Waals surface area contributed by atoms with Gasteiger partial charge in [0.2, 0.25) is 5.91 Å². The molecule has 3 nitrogen and oxygen atoms in total. The van der Waals surface area contributed by atoms with E-state index in [9.17, 15) is 4.79 Å². The van der Waals surface area contributed by atoms with Gasteiger partial charge >= 0.3 is 0 Å². The lowest BCUT2D eigenvalue weighted by molar-refractivity contribution is -0.111. The molecule has 132 valence electrons. The summed E-state index contributed by atoms with van der Waals surface area (Å²) in [6.45, 7) is 0. The molecule has 3 aromatic carbocycles. The minimum atomic E-state index is -0.234. The molecule has 1 aromatic heterocycles. The van der Waals surface area contributed by atoms with Crippen molar-refractivity contribution < 1.29 is 4.79 Å². The minimum Gasteiger partial charge on any atom is -0.321 e. The number of aromatic nitrogens is 1. The first-order chi connectivity index (χ1) is 13.2. The predicted molar refractivity (Wildman–Crippen MR) is 114 cm³/mol. The molecule has 1 N–H and O–H groups in total. The summed E-state index contributed by atoms with van der Waals surface area (Å²) in [6, 6.07) is 23.2. The van der Waals surface area contributed by atoms with E-state index in [4.69, 9.17) is 11.6 Å². The average molecular weight is 391 g/mol. The maximum absolute atomic E-state index is 12.3. The van der Waals surface area contributed by atoms with Crippen LogP contribution >= 0.6 is 22.9 Å². The van der Waals surface area contributed by atoms with Crippen LogP contribution in [-0.4, -0.2) is 10.9 Å². The third-order valence-corrected chi connectivity index (χ3v) is 5.41. The second-order valence-corrected chi connectivity index (χ2v) is 7.35. The Labute approximate surface area is 166 Å². The Morgan fingerprint density at radius 1 is 1.00 bits per heavy atom. The van der Waals surface area contributed by atoms with Gasteiger partial charge in [-0.1, -0.05) is 60.1 Å². The fourth-order valence-electron chi connectivity index (χ4n) is 2.66. The zero-order valence-electron chi connectivity index (χ0n) is 14.2. The number of amides is 1. The number of hydrogen-bond donors (Lipinski definition) is 1. The third kappa shape index (κ3) is 4.08. The number of rotatable bonds is 4. The number of carbonyl (C=O) groups is 1. The molecule has 0 bridgehead atoms. The second-order valence-electron chi connectivity index (χ2n) is 5.91. The summed E-state index contributed by atoms with van der Waals surface area (Å²) in [5.74, 6) is -0.234. The van der Waals surface area contributed by atoms with Crippen molar-refractivity contribution in [3.05, 3.63) is 89.5 Å². The number of nitrogens with zero attached hydrogens (tertiary/aromatic N) is 1. The Balaban J connectivity index is 1.57. The molecule has 1 amide bonds. The summed E-state index contributed by atoms with van der Waals surface area (Å²) < 4.78 is 1.12. The summed E-state index contributed by atoms with van der Waals surface area (Å²) in [5.41, 5.74) is 3.41. The Morgan fingerprint density at radius 2 is 1.78 bits per heavy atom. The molecule has 0 spiro atoms. The van der Waals surface area contributed by atoms with Crippen LogP contribution in [0, 0.1) is 0 Å². The van der Waals surface area contributed by atoms with Gasteiger partial charge in [0.1, 0.15) is 5.01 Å². The normalized spacial score (nSPS) is 11.1. The number of halogens is 1. The van der Waals surface area contributed by atoms with E-state index in [0.29, 0.717) is 10.7 Å². The fraction of sp³-hybridized carbons (Fsp3) is 0. The first-order valence-corrected chi connectivity index (χ1v) is 9.58. The lowest BCUT2D eigenvalue weighted by atomic mass is 10.2. The van der Waals surface area contributed by atoms with Gasteiger partial charge in [-0.2, -0.15) is 0 Å². The molecule has 4 aromatic rings. The number of benzene rings is 3. The van der Waals surface area contributed by atoms with Gasteiger partial charge in [0.25, 0.3) is 0 Å². The molecule has 27 heavy (non-hydrogen) atoms. The molecular formula is C22H15ClN2OS. The van der Waals surface area contributed by atoms with E-state index in [2.05, 4.69) is 10.3 Å². The Hall–Kier alpha value is -2.95. The molecule has 0 aliphatic heterocycles. The van der Waals surface area contributed by atoms with Crippen LogP contribution in [0.3, 0.4) is 0 Å². The number of thiazole rings is 1. The lowest BCUT2D eigenvalue weighted by Crippen LogP contribution is -2.08. The zero-order valence-corrected chi connectivity index (χ0v) is 15.8. The van der Waals surface area contributed by atoms with Crippen molar-refractivity contribution in [2.75, 3.05) is 5.32 Å². The predicted octanol–water partition coefficient (Wildman–Crippen LogP) is 6.27. The van der Waals surface area contributed by atoms with Crippen LogP contribution in [0.15, 0.2) is 78.9 Å². The lowest BCUT2D eigenvalue weighted by Gasteiger charge is -2.07. The Morgan fingerprint density at radius 3 is 2.59 bits per heavy atom. The first-order valence-electron chi connectivity index (χ1n) is 8.39. The van der Waals surface area contributed by atoms with E-state index in [1.54, 1.807) is 23.5 Å². The van der Waals surface area contributed by atoms with Crippen molar-refractivity contribution >= 4 is 50.8 Å². The SMILES string of the molecule is O=C(C=Cc1ccccc1)Nc1cc(-c2nc3ccccc3s2)ccc1Cl. The van der Waals surface area contributed by atoms with Gasteiger partial charge in [0.05, 0.1) is 20.9 Å². The van der Waals surface area contributed by atoms with Crippen molar-refractivity contribution in [1.29, 1.82) is 0 Å².